The smallest absolute Gasteiger partial charge is 0.335 e. The molecule has 1 fully saturated rings. The lowest BCUT2D eigenvalue weighted by atomic mass is 9.82. The number of fused-ring (bicyclic) bond motifs is 1. The number of carbonyl (C=O) groups is 3. The number of nitrogens with zero attached hydrogens (tertiary/aromatic N) is 1. The molecule has 3 aromatic rings. The summed E-state index contributed by atoms with van der Waals surface area (Å²) in [6, 6.07) is 20.8. The van der Waals surface area contributed by atoms with Crippen LogP contribution in [0, 0.1) is 0 Å². The Morgan fingerprint density at radius 1 is 0.917 bits per heavy atom. The summed E-state index contributed by atoms with van der Waals surface area (Å²) >= 11 is 0. The third-order valence-electron chi connectivity index (χ3n) is 7.30. The van der Waals surface area contributed by atoms with Crippen LogP contribution in [0.4, 0.5) is 5.69 Å². The molecule has 3 atom stereocenters. The number of rotatable bonds is 5. The minimum Gasteiger partial charge on any atom is -0.478 e. The summed E-state index contributed by atoms with van der Waals surface area (Å²) in [6.45, 7) is 0.481. The van der Waals surface area contributed by atoms with Crippen molar-refractivity contribution in [1.82, 2.24) is 4.90 Å². The van der Waals surface area contributed by atoms with Gasteiger partial charge < -0.3 is 21.1 Å². The monoisotopic (exact) mass is 483 g/mol. The predicted octanol–water partition coefficient (Wildman–Crippen LogP) is 4.36. The van der Waals surface area contributed by atoms with Crippen molar-refractivity contribution < 1.29 is 19.5 Å². The van der Waals surface area contributed by atoms with Crippen molar-refractivity contribution in [2.24, 2.45) is 5.73 Å². The van der Waals surface area contributed by atoms with Gasteiger partial charge in [0, 0.05) is 29.8 Å². The van der Waals surface area contributed by atoms with Gasteiger partial charge in [0.25, 0.3) is 5.91 Å². The second kappa shape index (κ2) is 9.95. The number of carboxylic acid groups (broad SMARTS) is 1. The zero-order valence-electron chi connectivity index (χ0n) is 19.9. The molecule has 2 amide bonds. The van der Waals surface area contributed by atoms with E-state index in [0.29, 0.717) is 17.8 Å². The summed E-state index contributed by atoms with van der Waals surface area (Å²) in [5, 5.41) is 12.1. The zero-order valence-corrected chi connectivity index (χ0v) is 19.9. The van der Waals surface area contributed by atoms with E-state index >= 15 is 0 Å². The van der Waals surface area contributed by atoms with Crippen molar-refractivity contribution in [1.29, 1.82) is 0 Å². The Labute approximate surface area is 209 Å². The van der Waals surface area contributed by atoms with Gasteiger partial charge in [-0.25, -0.2) is 4.79 Å². The number of anilines is 1. The number of hydrogen-bond donors (Lipinski definition) is 3. The molecule has 0 radical (unpaired) electrons. The summed E-state index contributed by atoms with van der Waals surface area (Å²) in [5.74, 6) is -1.65. The van der Waals surface area contributed by atoms with E-state index in [1.165, 1.54) is 12.1 Å². The fourth-order valence-corrected chi connectivity index (χ4v) is 5.46. The average molecular weight is 484 g/mol. The lowest BCUT2D eigenvalue weighted by molar-refractivity contribution is -0.122. The quantitative estimate of drug-likeness (QED) is 0.499. The molecule has 0 aromatic heterocycles. The summed E-state index contributed by atoms with van der Waals surface area (Å²) in [4.78, 5) is 40.4. The number of piperidine rings is 1. The third kappa shape index (κ3) is 4.62. The van der Waals surface area contributed by atoms with Crippen LogP contribution in [0.1, 0.15) is 68.6 Å². The third-order valence-corrected chi connectivity index (χ3v) is 7.30. The van der Waals surface area contributed by atoms with E-state index in [-0.39, 0.29) is 29.3 Å². The maximum Gasteiger partial charge on any atom is 0.335 e. The van der Waals surface area contributed by atoms with Crippen LogP contribution in [0.2, 0.25) is 0 Å². The molecule has 7 heteroatoms. The number of carbonyl (C=O) groups excluding carboxylic acids is 2. The maximum absolute atomic E-state index is 13.8. The molecule has 0 saturated carbocycles. The number of aromatic carboxylic acids is 1. The van der Waals surface area contributed by atoms with Crippen LogP contribution < -0.4 is 11.1 Å². The highest BCUT2D eigenvalue weighted by atomic mass is 16.4. The molecular formula is C29H29N3O4. The van der Waals surface area contributed by atoms with Crippen molar-refractivity contribution in [3.63, 3.8) is 0 Å². The maximum atomic E-state index is 13.8. The Balaban J connectivity index is 1.46. The van der Waals surface area contributed by atoms with E-state index in [1.54, 1.807) is 17.0 Å². The molecule has 1 saturated heterocycles. The van der Waals surface area contributed by atoms with Gasteiger partial charge in [-0.2, -0.15) is 0 Å². The van der Waals surface area contributed by atoms with Gasteiger partial charge in [0.05, 0.1) is 5.56 Å². The molecule has 3 aromatic carbocycles. The Kier molecular flexibility index (Phi) is 6.57. The standard InChI is InChI=1S/C29H29N3O4/c30-25-15-11-20-17-21(10-14-23(20)25)28(34)32-16-4-7-24(18-5-2-1-3-6-18)26(32)27(33)31-22-12-8-19(9-13-22)29(35)36/h1-3,5-6,8-10,12-14,17,24-26H,4,7,11,15-16,30H2,(H,31,33)(H,35,36)/t24?,25-,26?/m1/s1. The van der Waals surface area contributed by atoms with Crippen molar-refractivity contribution in [3.05, 3.63) is 101 Å². The second-order valence-electron chi connectivity index (χ2n) is 9.53. The molecule has 2 aliphatic rings. The number of benzene rings is 3. The van der Waals surface area contributed by atoms with Gasteiger partial charge in [-0.3, -0.25) is 9.59 Å². The summed E-state index contributed by atoms with van der Waals surface area (Å²) in [7, 11) is 0. The van der Waals surface area contributed by atoms with Crippen LogP contribution in [0.15, 0.2) is 72.8 Å². The Morgan fingerprint density at radius 2 is 1.64 bits per heavy atom. The van der Waals surface area contributed by atoms with Gasteiger partial charge >= 0.3 is 5.97 Å². The summed E-state index contributed by atoms with van der Waals surface area (Å²) in [6.07, 6.45) is 3.29. The molecule has 0 spiro atoms. The van der Waals surface area contributed by atoms with Crippen LogP contribution in [0.3, 0.4) is 0 Å². The number of nitrogens with one attached hydrogen (secondary N) is 1. The normalized spacial score (nSPS) is 21.0. The molecule has 0 bridgehead atoms. The van der Waals surface area contributed by atoms with Gasteiger partial charge in [-0.15, -0.1) is 0 Å². The fourth-order valence-electron chi connectivity index (χ4n) is 5.46. The Hall–Kier alpha value is -3.97. The molecule has 1 aliphatic heterocycles. The number of nitrogens with two attached hydrogens (primary N) is 1. The molecule has 4 N–H and O–H groups in total. The molecule has 7 nitrogen and oxygen atoms in total. The van der Waals surface area contributed by atoms with Gasteiger partial charge in [-0.05, 0) is 78.8 Å². The molecule has 2 unspecified atom stereocenters. The molecule has 1 heterocycles. The number of likely N-dealkylation sites (tertiary alicyclic amines) is 1. The number of aryl methyl sites for hydroxylation is 1. The van der Waals surface area contributed by atoms with Crippen LogP contribution >= 0.6 is 0 Å². The van der Waals surface area contributed by atoms with E-state index in [1.807, 2.05) is 48.5 Å². The number of hydrogen-bond acceptors (Lipinski definition) is 4. The van der Waals surface area contributed by atoms with Crippen molar-refractivity contribution in [2.75, 3.05) is 11.9 Å². The van der Waals surface area contributed by atoms with Gasteiger partial charge in [0.2, 0.25) is 5.91 Å². The fraction of sp³-hybridized carbons (Fsp3) is 0.276. The summed E-state index contributed by atoms with van der Waals surface area (Å²) in [5.41, 5.74) is 10.6. The second-order valence-corrected chi connectivity index (χ2v) is 9.53. The first-order chi connectivity index (χ1) is 17.4. The van der Waals surface area contributed by atoms with Crippen LogP contribution in [-0.2, 0) is 11.2 Å². The van der Waals surface area contributed by atoms with Crippen molar-refractivity contribution in [3.8, 4) is 0 Å². The lowest BCUT2D eigenvalue weighted by Crippen LogP contribution is -2.53. The van der Waals surface area contributed by atoms with Gasteiger partial charge in [0.15, 0.2) is 0 Å². The molecule has 184 valence electrons. The average Bonchev–Trinajstić information content (AvgIpc) is 3.28. The number of carboxylic acids is 1. The molecular weight excluding hydrogens is 454 g/mol. The predicted molar refractivity (Wildman–Crippen MR) is 137 cm³/mol. The largest absolute Gasteiger partial charge is 0.478 e. The first kappa shape index (κ1) is 23.8. The van der Waals surface area contributed by atoms with E-state index in [4.69, 9.17) is 10.8 Å². The first-order valence-corrected chi connectivity index (χ1v) is 12.3. The SMILES string of the molecule is N[C@@H]1CCc2cc(C(=O)N3CCCC(c4ccccc4)C3C(=O)Nc3ccc(C(=O)O)cc3)ccc21. The highest BCUT2D eigenvalue weighted by Crippen LogP contribution is 2.35. The zero-order chi connectivity index (χ0) is 25.2. The van der Waals surface area contributed by atoms with E-state index < -0.39 is 12.0 Å². The van der Waals surface area contributed by atoms with Gasteiger partial charge in [0.1, 0.15) is 6.04 Å². The van der Waals surface area contributed by atoms with Crippen LogP contribution in [-0.4, -0.2) is 40.4 Å². The first-order valence-electron chi connectivity index (χ1n) is 12.3. The minimum absolute atomic E-state index is 0.00708. The highest BCUT2D eigenvalue weighted by molar-refractivity contribution is 6.02. The minimum atomic E-state index is -1.03. The molecule has 5 rings (SSSR count). The van der Waals surface area contributed by atoms with Gasteiger partial charge in [-0.1, -0.05) is 36.4 Å². The van der Waals surface area contributed by atoms with Crippen molar-refractivity contribution >= 4 is 23.5 Å². The van der Waals surface area contributed by atoms with Crippen LogP contribution in [0.25, 0.3) is 0 Å². The van der Waals surface area contributed by atoms with E-state index in [2.05, 4.69) is 5.32 Å². The highest BCUT2D eigenvalue weighted by Gasteiger charge is 2.40. The van der Waals surface area contributed by atoms with Crippen molar-refractivity contribution in [2.45, 2.75) is 43.7 Å². The van der Waals surface area contributed by atoms with E-state index in [0.717, 1.165) is 42.4 Å². The molecule has 1 aliphatic carbocycles. The topological polar surface area (TPSA) is 113 Å². The van der Waals surface area contributed by atoms with E-state index in [9.17, 15) is 14.4 Å². The molecule has 36 heavy (non-hydrogen) atoms. The lowest BCUT2D eigenvalue weighted by Gasteiger charge is -2.40. The Morgan fingerprint density at radius 3 is 2.36 bits per heavy atom. The Bertz CT molecular complexity index is 1290. The van der Waals surface area contributed by atoms with Crippen LogP contribution in [0.5, 0.6) is 0 Å². The summed E-state index contributed by atoms with van der Waals surface area (Å²) < 4.78 is 0. The number of amides is 2.